The van der Waals surface area contributed by atoms with Crippen molar-refractivity contribution in [1.82, 2.24) is 19.3 Å². The third-order valence-electron chi connectivity index (χ3n) is 3.50. The van der Waals surface area contributed by atoms with E-state index in [-0.39, 0.29) is 0 Å². The maximum Gasteiger partial charge on any atom is 0.145 e. The third-order valence-corrected chi connectivity index (χ3v) is 4.05. The number of nitrogens with zero attached hydrogens (tertiary/aromatic N) is 3. The zero-order chi connectivity index (χ0) is 15.7. The van der Waals surface area contributed by atoms with Crippen LogP contribution in [0.1, 0.15) is 5.56 Å². The monoisotopic (exact) mass is 315 g/mol. The van der Waals surface area contributed by atoms with Crippen LogP contribution in [0.4, 0.5) is 5.82 Å². The predicted octanol–water partition coefficient (Wildman–Crippen LogP) is 1.60. The van der Waals surface area contributed by atoms with Crippen LogP contribution in [0.2, 0.25) is 0 Å². The van der Waals surface area contributed by atoms with Crippen molar-refractivity contribution in [1.29, 1.82) is 0 Å². The number of aromatic nitrogens is 3. The Balaban J connectivity index is 2.08. The zero-order valence-electron chi connectivity index (χ0n) is 12.4. The van der Waals surface area contributed by atoms with Gasteiger partial charge in [-0.15, -0.1) is 0 Å². The van der Waals surface area contributed by atoms with Crippen LogP contribution in [-0.4, -0.2) is 25.0 Å². The molecule has 7 heteroatoms. The molecule has 114 valence electrons. The van der Waals surface area contributed by atoms with Crippen molar-refractivity contribution in [3.63, 3.8) is 0 Å². The van der Waals surface area contributed by atoms with Crippen molar-refractivity contribution in [3.8, 4) is 11.1 Å². The molecule has 0 aliphatic heterocycles. The molecule has 2 heterocycles. The van der Waals surface area contributed by atoms with Crippen LogP contribution in [-0.2, 0) is 24.6 Å². The first-order chi connectivity index (χ1) is 10.6. The lowest BCUT2D eigenvalue weighted by molar-refractivity contribution is 0.676. The van der Waals surface area contributed by atoms with Crippen molar-refractivity contribution in [2.75, 3.05) is 12.0 Å². The topological polar surface area (TPSA) is 85.8 Å². The summed E-state index contributed by atoms with van der Waals surface area (Å²) in [6.45, 7) is 0.549. The highest BCUT2D eigenvalue weighted by Gasteiger charge is 2.13. The molecule has 0 bridgehead atoms. The Kier molecular flexibility index (Phi) is 3.91. The van der Waals surface area contributed by atoms with Crippen molar-refractivity contribution in [2.45, 2.75) is 6.54 Å². The number of nitrogens with two attached hydrogens (primary N) is 1. The third kappa shape index (κ3) is 2.72. The van der Waals surface area contributed by atoms with Crippen LogP contribution >= 0.6 is 0 Å². The van der Waals surface area contributed by atoms with Gasteiger partial charge >= 0.3 is 0 Å². The van der Waals surface area contributed by atoms with Gasteiger partial charge in [0.25, 0.3) is 0 Å². The van der Waals surface area contributed by atoms with Crippen LogP contribution in [0.3, 0.4) is 0 Å². The van der Waals surface area contributed by atoms with Gasteiger partial charge in [0, 0.05) is 31.6 Å². The van der Waals surface area contributed by atoms with E-state index in [1.165, 1.54) is 6.33 Å². The normalized spacial score (nSPS) is 12.6. The summed E-state index contributed by atoms with van der Waals surface area (Å²) in [5, 5.41) is 0.856. The molecule has 0 saturated heterocycles. The standard InChI is InChI=1S/C15H17N5OS/c1-20-8-12(13-14(16)17-9-18-15(13)20)11-5-3-4-10(6-11)7-19-22(2)21/h3-6,8-9,19H,7H2,1-2H3,(H2,16,17,18). The van der Waals surface area contributed by atoms with Gasteiger partial charge in [0.1, 0.15) is 17.8 Å². The lowest BCUT2D eigenvalue weighted by Crippen LogP contribution is -2.14. The number of nitrogens with one attached hydrogen (secondary N) is 1. The van der Waals surface area contributed by atoms with E-state index < -0.39 is 11.0 Å². The van der Waals surface area contributed by atoms with Gasteiger partial charge in [-0.1, -0.05) is 18.2 Å². The second kappa shape index (κ2) is 5.86. The molecule has 22 heavy (non-hydrogen) atoms. The average molecular weight is 315 g/mol. The largest absolute Gasteiger partial charge is 0.383 e. The number of rotatable bonds is 4. The molecule has 0 spiro atoms. The van der Waals surface area contributed by atoms with E-state index in [4.69, 9.17) is 5.73 Å². The summed E-state index contributed by atoms with van der Waals surface area (Å²) in [5.74, 6) is 0.471. The van der Waals surface area contributed by atoms with E-state index in [0.29, 0.717) is 12.4 Å². The molecule has 0 aliphatic carbocycles. The number of fused-ring (bicyclic) bond motifs is 1. The molecule has 1 aromatic carbocycles. The highest BCUT2D eigenvalue weighted by atomic mass is 32.2. The summed E-state index contributed by atoms with van der Waals surface area (Å²) >= 11 is 0. The first-order valence-electron chi connectivity index (χ1n) is 6.78. The smallest absolute Gasteiger partial charge is 0.145 e. The molecule has 1 atom stereocenters. The summed E-state index contributed by atoms with van der Waals surface area (Å²) < 4.78 is 16.0. The Bertz CT molecular complexity index is 858. The van der Waals surface area contributed by atoms with Gasteiger partial charge in [0.05, 0.1) is 16.4 Å². The quantitative estimate of drug-likeness (QED) is 0.766. The molecule has 3 aromatic rings. The Morgan fingerprint density at radius 2 is 2.18 bits per heavy atom. The molecular weight excluding hydrogens is 298 g/mol. The molecule has 0 aliphatic rings. The molecule has 6 nitrogen and oxygen atoms in total. The Morgan fingerprint density at radius 3 is 2.95 bits per heavy atom. The lowest BCUT2D eigenvalue weighted by Gasteiger charge is -2.05. The second-order valence-corrected chi connectivity index (χ2v) is 6.28. The zero-order valence-corrected chi connectivity index (χ0v) is 13.2. The number of benzene rings is 1. The molecule has 1 unspecified atom stereocenters. The average Bonchev–Trinajstić information content (AvgIpc) is 2.84. The Hall–Kier alpha value is -2.25. The van der Waals surface area contributed by atoms with Gasteiger partial charge in [-0.25, -0.2) is 18.9 Å². The van der Waals surface area contributed by atoms with Gasteiger partial charge in [-0.05, 0) is 17.2 Å². The maximum absolute atomic E-state index is 11.2. The minimum atomic E-state index is -1.03. The van der Waals surface area contributed by atoms with Crippen molar-refractivity contribution >= 4 is 27.8 Å². The minimum Gasteiger partial charge on any atom is -0.383 e. The number of hydrogen-bond donors (Lipinski definition) is 2. The van der Waals surface area contributed by atoms with Gasteiger partial charge in [0.2, 0.25) is 0 Å². The fourth-order valence-electron chi connectivity index (χ4n) is 2.49. The van der Waals surface area contributed by atoms with E-state index in [9.17, 15) is 4.21 Å². The fourth-order valence-corrected chi connectivity index (χ4v) is 2.86. The summed E-state index contributed by atoms with van der Waals surface area (Å²) in [4.78, 5) is 8.38. The lowest BCUT2D eigenvalue weighted by atomic mass is 10.0. The van der Waals surface area contributed by atoms with Crippen LogP contribution < -0.4 is 10.5 Å². The Labute approximate surface area is 131 Å². The molecule has 3 rings (SSSR count). The summed E-state index contributed by atoms with van der Waals surface area (Å²) in [7, 11) is 0.901. The highest BCUT2D eigenvalue weighted by molar-refractivity contribution is 7.82. The molecular formula is C15H17N5OS. The van der Waals surface area contributed by atoms with E-state index in [1.807, 2.05) is 36.0 Å². The maximum atomic E-state index is 11.2. The first kappa shape index (κ1) is 14.7. The van der Waals surface area contributed by atoms with E-state index in [0.717, 1.165) is 27.7 Å². The molecule has 0 fully saturated rings. The second-order valence-electron chi connectivity index (χ2n) is 5.09. The van der Waals surface area contributed by atoms with Crippen molar-refractivity contribution < 1.29 is 4.21 Å². The van der Waals surface area contributed by atoms with Crippen molar-refractivity contribution in [3.05, 3.63) is 42.4 Å². The number of nitrogen functional groups attached to an aromatic ring is 1. The Morgan fingerprint density at radius 1 is 1.36 bits per heavy atom. The SMILES string of the molecule is Cn1cc(-c2cccc(CNS(C)=O)c2)c2c(N)ncnc21. The van der Waals surface area contributed by atoms with Crippen LogP contribution in [0.5, 0.6) is 0 Å². The molecule has 3 N–H and O–H groups in total. The highest BCUT2D eigenvalue weighted by Crippen LogP contribution is 2.32. The minimum absolute atomic E-state index is 0.471. The van der Waals surface area contributed by atoms with Gasteiger partial charge in [-0.2, -0.15) is 0 Å². The summed E-state index contributed by atoms with van der Waals surface area (Å²) in [5.41, 5.74) is 9.92. The van der Waals surface area contributed by atoms with Gasteiger partial charge in [-0.3, -0.25) is 0 Å². The summed E-state index contributed by atoms with van der Waals surface area (Å²) in [6.07, 6.45) is 5.09. The van der Waals surface area contributed by atoms with Gasteiger partial charge < -0.3 is 10.3 Å². The molecule has 0 saturated carbocycles. The number of anilines is 1. The number of hydrogen-bond acceptors (Lipinski definition) is 4. The predicted molar refractivity (Wildman–Crippen MR) is 89.3 cm³/mol. The van der Waals surface area contributed by atoms with Gasteiger partial charge in [0.15, 0.2) is 0 Å². The fraction of sp³-hybridized carbons (Fsp3) is 0.200. The van der Waals surface area contributed by atoms with E-state index >= 15 is 0 Å². The van der Waals surface area contributed by atoms with Crippen LogP contribution in [0.25, 0.3) is 22.2 Å². The van der Waals surface area contributed by atoms with E-state index in [2.05, 4.69) is 20.8 Å². The molecule has 0 radical (unpaired) electrons. The first-order valence-corrected chi connectivity index (χ1v) is 8.34. The number of aryl methyl sites for hydroxylation is 1. The van der Waals surface area contributed by atoms with Crippen molar-refractivity contribution in [2.24, 2.45) is 7.05 Å². The van der Waals surface area contributed by atoms with Crippen LogP contribution in [0.15, 0.2) is 36.8 Å². The summed E-state index contributed by atoms with van der Waals surface area (Å²) in [6, 6.07) is 8.05. The van der Waals surface area contributed by atoms with Crippen LogP contribution in [0, 0.1) is 0 Å². The van der Waals surface area contributed by atoms with E-state index in [1.54, 1.807) is 6.26 Å². The molecule has 2 aromatic heterocycles. The molecule has 0 amide bonds.